The van der Waals surface area contributed by atoms with E-state index in [1.54, 1.807) is 6.07 Å². The van der Waals surface area contributed by atoms with Gasteiger partial charge < -0.3 is 15.1 Å². The van der Waals surface area contributed by atoms with Gasteiger partial charge in [-0.25, -0.2) is 0 Å². The second kappa shape index (κ2) is 6.76. The first-order chi connectivity index (χ1) is 12.6. The number of hydrogen-bond acceptors (Lipinski definition) is 5. The Morgan fingerprint density at radius 3 is 3.04 bits per heavy atom. The largest absolute Gasteiger partial charge is 0.460 e. The molecule has 7 heteroatoms. The molecule has 0 fully saturated rings. The molecule has 3 aromatic heterocycles. The average molecular weight is 351 g/mol. The van der Waals surface area contributed by atoms with Crippen molar-refractivity contribution in [1.29, 1.82) is 0 Å². The number of hydrogen-bond donors (Lipinski definition) is 3. The molecule has 0 aliphatic carbocycles. The fourth-order valence-corrected chi connectivity index (χ4v) is 3.28. The highest BCUT2D eigenvalue weighted by atomic mass is 16.3. The molecule has 3 N–H and O–H groups in total. The van der Waals surface area contributed by atoms with E-state index in [2.05, 4.69) is 25.8 Å². The Balaban J connectivity index is 1.49. The Kier molecular flexibility index (Phi) is 4.30. The quantitative estimate of drug-likeness (QED) is 0.670. The summed E-state index contributed by atoms with van der Waals surface area (Å²) in [5.74, 6) is 1.26. The monoisotopic (exact) mass is 351 g/mol. The molecule has 3 aromatic rings. The fourth-order valence-electron chi connectivity index (χ4n) is 3.28. The summed E-state index contributed by atoms with van der Waals surface area (Å²) in [4.78, 5) is 17.0. The first-order valence-electron chi connectivity index (χ1n) is 8.69. The summed E-state index contributed by atoms with van der Waals surface area (Å²) < 4.78 is 5.55. The SMILES string of the molecule is Cc1ccc(-c2cc(C(=O)NCc3c(C)ncc4c3CCNC4)n[nH]2)o1. The molecule has 1 aliphatic heterocycles. The molecule has 0 saturated carbocycles. The molecule has 26 heavy (non-hydrogen) atoms. The predicted octanol–water partition coefficient (Wildman–Crippen LogP) is 2.26. The number of amides is 1. The van der Waals surface area contributed by atoms with Gasteiger partial charge in [-0.15, -0.1) is 0 Å². The van der Waals surface area contributed by atoms with Crippen molar-refractivity contribution in [3.63, 3.8) is 0 Å². The third-order valence-electron chi connectivity index (χ3n) is 4.71. The summed E-state index contributed by atoms with van der Waals surface area (Å²) in [6, 6.07) is 5.42. The van der Waals surface area contributed by atoms with Crippen molar-refractivity contribution in [2.24, 2.45) is 0 Å². The zero-order chi connectivity index (χ0) is 18.1. The van der Waals surface area contributed by atoms with Crippen LogP contribution in [-0.4, -0.2) is 27.6 Å². The lowest BCUT2D eigenvalue weighted by Gasteiger charge is -2.21. The number of pyridine rings is 1. The van der Waals surface area contributed by atoms with Crippen LogP contribution in [-0.2, 0) is 19.5 Å². The van der Waals surface area contributed by atoms with Gasteiger partial charge in [0.1, 0.15) is 11.5 Å². The number of carbonyl (C=O) groups is 1. The second-order valence-electron chi connectivity index (χ2n) is 6.51. The maximum atomic E-state index is 12.5. The van der Waals surface area contributed by atoms with Crippen LogP contribution in [0.2, 0.25) is 0 Å². The minimum Gasteiger partial charge on any atom is -0.460 e. The van der Waals surface area contributed by atoms with Gasteiger partial charge in [0.15, 0.2) is 11.5 Å². The summed E-state index contributed by atoms with van der Waals surface area (Å²) in [6.45, 7) is 6.08. The third-order valence-corrected chi connectivity index (χ3v) is 4.71. The van der Waals surface area contributed by atoms with Crippen molar-refractivity contribution >= 4 is 5.91 Å². The Labute approximate surface area is 151 Å². The lowest BCUT2D eigenvalue weighted by molar-refractivity contribution is 0.0945. The smallest absolute Gasteiger partial charge is 0.272 e. The number of carbonyl (C=O) groups excluding carboxylic acids is 1. The third kappa shape index (κ3) is 3.13. The number of nitrogens with one attached hydrogen (secondary N) is 3. The number of H-pyrrole nitrogens is 1. The maximum absolute atomic E-state index is 12.5. The molecule has 1 aliphatic rings. The molecular formula is C19H21N5O2. The van der Waals surface area contributed by atoms with E-state index in [1.807, 2.05) is 32.2 Å². The van der Waals surface area contributed by atoms with E-state index >= 15 is 0 Å². The molecule has 1 amide bonds. The molecule has 0 spiro atoms. The summed E-state index contributed by atoms with van der Waals surface area (Å²) in [5, 5.41) is 13.3. The number of rotatable bonds is 4. The Bertz CT molecular complexity index is 957. The van der Waals surface area contributed by atoms with Crippen LogP contribution in [0.25, 0.3) is 11.5 Å². The predicted molar refractivity (Wildman–Crippen MR) is 96.6 cm³/mol. The van der Waals surface area contributed by atoms with Crippen LogP contribution >= 0.6 is 0 Å². The zero-order valence-electron chi connectivity index (χ0n) is 14.8. The summed E-state index contributed by atoms with van der Waals surface area (Å²) in [7, 11) is 0. The first kappa shape index (κ1) is 16.5. The summed E-state index contributed by atoms with van der Waals surface area (Å²) in [6.07, 6.45) is 2.88. The van der Waals surface area contributed by atoms with E-state index in [0.29, 0.717) is 23.7 Å². The van der Waals surface area contributed by atoms with Crippen LogP contribution in [0.15, 0.2) is 28.8 Å². The van der Waals surface area contributed by atoms with Gasteiger partial charge in [-0.2, -0.15) is 5.10 Å². The van der Waals surface area contributed by atoms with Crippen LogP contribution in [0, 0.1) is 13.8 Å². The van der Waals surface area contributed by atoms with Crippen LogP contribution < -0.4 is 10.6 Å². The van der Waals surface area contributed by atoms with E-state index in [0.717, 1.165) is 36.5 Å². The lowest BCUT2D eigenvalue weighted by atomic mass is 9.96. The van der Waals surface area contributed by atoms with Crippen molar-refractivity contribution in [2.45, 2.75) is 33.4 Å². The van der Waals surface area contributed by atoms with Crippen molar-refractivity contribution in [3.05, 3.63) is 58.2 Å². The highest BCUT2D eigenvalue weighted by Crippen LogP contribution is 2.22. The first-order valence-corrected chi connectivity index (χ1v) is 8.69. The van der Waals surface area contributed by atoms with Gasteiger partial charge in [0.25, 0.3) is 5.91 Å². The molecule has 0 bridgehead atoms. The van der Waals surface area contributed by atoms with Crippen LogP contribution in [0.1, 0.15) is 38.6 Å². The van der Waals surface area contributed by atoms with Gasteiger partial charge in [-0.1, -0.05) is 0 Å². The molecule has 4 rings (SSSR count). The number of aromatic amines is 1. The highest BCUT2D eigenvalue weighted by Gasteiger charge is 2.18. The van der Waals surface area contributed by atoms with Gasteiger partial charge in [0.2, 0.25) is 0 Å². The van der Waals surface area contributed by atoms with Crippen molar-refractivity contribution in [1.82, 2.24) is 25.8 Å². The van der Waals surface area contributed by atoms with Gasteiger partial charge in [0.05, 0.1) is 0 Å². The van der Waals surface area contributed by atoms with Gasteiger partial charge in [-0.3, -0.25) is 14.9 Å². The number of aryl methyl sites for hydroxylation is 2. The number of nitrogens with zero attached hydrogens (tertiary/aromatic N) is 2. The number of fused-ring (bicyclic) bond motifs is 1. The van der Waals surface area contributed by atoms with Crippen molar-refractivity contribution < 1.29 is 9.21 Å². The van der Waals surface area contributed by atoms with Gasteiger partial charge in [0, 0.05) is 31.0 Å². The molecule has 0 atom stereocenters. The molecular weight excluding hydrogens is 330 g/mol. The Morgan fingerprint density at radius 2 is 2.23 bits per heavy atom. The second-order valence-corrected chi connectivity index (χ2v) is 6.51. The topological polar surface area (TPSA) is 95.8 Å². The summed E-state index contributed by atoms with van der Waals surface area (Å²) >= 11 is 0. The van der Waals surface area contributed by atoms with Crippen molar-refractivity contribution in [2.75, 3.05) is 6.54 Å². The van der Waals surface area contributed by atoms with Gasteiger partial charge in [-0.05, 0) is 55.6 Å². The van der Waals surface area contributed by atoms with Crippen LogP contribution in [0.4, 0.5) is 0 Å². The molecule has 7 nitrogen and oxygen atoms in total. The Hall–Kier alpha value is -2.93. The average Bonchev–Trinajstić information content (AvgIpc) is 3.29. The van der Waals surface area contributed by atoms with Crippen molar-refractivity contribution in [3.8, 4) is 11.5 Å². The van der Waals surface area contributed by atoms with E-state index in [-0.39, 0.29) is 5.91 Å². The van der Waals surface area contributed by atoms with E-state index in [1.165, 1.54) is 11.1 Å². The zero-order valence-corrected chi connectivity index (χ0v) is 14.8. The molecule has 0 aromatic carbocycles. The molecule has 134 valence electrons. The normalized spacial score (nSPS) is 13.5. The lowest BCUT2D eigenvalue weighted by Crippen LogP contribution is -2.29. The van der Waals surface area contributed by atoms with Gasteiger partial charge >= 0.3 is 0 Å². The summed E-state index contributed by atoms with van der Waals surface area (Å²) in [5.41, 5.74) is 5.59. The fraction of sp³-hybridized carbons (Fsp3) is 0.316. The maximum Gasteiger partial charge on any atom is 0.272 e. The molecule has 0 radical (unpaired) electrons. The minimum atomic E-state index is -0.221. The molecule has 4 heterocycles. The highest BCUT2D eigenvalue weighted by molar-refractivity contribution is 5.93. The van der Waals surface area contributed by atoms with E-state index < -0.39 is 0 Å². The standard InChI is InChI=1S/C19H21N5O2/c1-11-3-4-18(26-11)16-7-17(24-23-16)19(25)22-10-15-12(2)21-9-13-8-20-6-5-14(13)15/h3-4,7,9,20H,5-6,8,10H2,1-2H3,(H,22,25)(H,23,24). The van der Waals surface area contributed by atoms with E-state index in [4.69, 9.17) is 4.42 Å². The number of furan rings is 1. The molecule has 0 saturated heterocycles. The minimum absolute atomic E-state index is 0.221. The van der Waals surface area contributed by atoms with E-state index in [9.17, 15) is 4.79 Å². The van der Waals surface area contributed by atoms with Crippen LogP contribution in [0.3, 0.4) is 0 Å². The number of aromatic nitrogens is 3. The Morgan fingerprint density at radius 1 is 1.35 bits per heavy atom. The van der Waals surface area contributed by atoms with Crippen LogP contribution in [0.5, 0.6) is 0 Å². The molecule has 0 unspecified atom stereocenters.